The van der Waals surface area contributed by atoms with Crippen LogP contribution < -0.4 is 5.32 Å². The van der Waals surface area contributed by atoms with E-state index in [4.69, 9.17) is 0 Å². The summed E-state index contributed by atoms with van der Waals surface area (Å²) in [5, 5.41) is 3.24. The minimum atomic E-state index is 0.310. The van der Waals surface area contributed by atoms with Crippen LogP contribution in [0.1, 0.15) is 36.1 Å². The number of piperazine rings is 1. The molecule has 1 saturated heterocycles. The molecule has 1 fully saturated rings. The monoisotopic (exact) mass is 295 g/mol. The van der Waals surface area contributed by atoms with Crippen LogP contribution >= 0.6 is 11.3 Å². The first kappa shape index (κ1) is 16.0. The maximum Gasteiger partial charge on any atom is 0.0296 e. The van der Waals surface area contributed by atoms with Gasteiger partial charge >= 0.3 is 0 Å². The van der Waals surface area contributed by atoms with Crippen molar-refractivity contribution < 1.29 is 0 Å². The molecule has 4 heteroatoms. The zero-order valence-electron chi connectivity index (χ0n) is 13.6. The lowest BCUT2D eigenvalue weighted by molar-refractivity contribution is 0.0591. The zero-order chi connectivity index (χ0) is 14.8. The van der Waals surface area contributed by atoms with Crippen molar-refractivity contribution >= 4 is 11.3 Å². The first-order valence-corrected chi connectivity index (χ1v) is 8.42. The summed E-state index contributed by atoms with van der Waals surface area (Å²) >= 11 is 1.93. The molecule has 0 bridgehead atoms. The third-order valence-corrected chi connectivity index (χ3v) is 5.23. The second kappa shape index (κ2) is 6.56. The van der Waals surface area contributed by atoms with E-state index in [1.54, 1.807) is 0 Å². The average Bonchev–Trinajstić information content (AvgIpc) is 2.70. The molecule has 2 heterocycles. The molecule has 0 unspecified atom stereocenters. The molecule has 0 aromatic carbocycles. The standard InChI is InChI=1S/C16H29N3S/c1-13-14(10-15(20-13)11-17-5)12-18-6-8-19(9-7-18)16(2,3)4/h10,17H,6-9,11-12H2,1-5H3. The van der Waals surface area contributed by atoms with Gasteiger partial charge in [-0.2, -0.15) is 0 Å². The van der Waals surface area contributed by atoms with E-state index in [1.165, 1.54) is 41.5 Å². The minimum Gasteiger partial charge on any atom is -0.315 e. The van der Waals surface area contributed by atoms with Crippen molar-refractivity contribution in [3.05, 3.63) is 21.4 Å². The maximum absolute atomic E-state index is 3.24. The first-order chi connectivity index (χ1) is 9.40. The normalized spacial score (nSPS) is 18.6. The maximum atomic E-state index is 3.24. The smallest absolute Gasteiger partial charge is 0.0296 e. The molecule has 0 spiro atoms. The van der Waals surface area contributed by atoms with E-state index in [-0.39, 0.29) is 0 Å². The molecule has 1 aliphatic rings. The molecule has 0 aliphatic carbocycles. The van der Waals surface area contributed by atoms with E-state index in [2.05, 4.69) is 48.9 Å². The Morgan fingerprint density at radius 3 is 2.40 bits per heavy atom. The Hall–Kier alpha value is -0.420. The summed E-state index contributed by atoms with van der Waals surface area (Å²) in [6, 6.07) is 2.38. The molecule has 1 aliphatic heterocycles. The highest BCUT2D eigenvalue weighted by molar-refractivity contribution is 7.12. The van der Waals surface area contributed by atoms with Crippen molar-refractivity contribution in [2.45, 2.75) is 46.3 Å². The van der Waals surface area contributed by atoms with Gasteiger partial charge in [-0.1, -0.05) is 0 Å². The number of nitrogens with one attached hydrogen (secondary N) is 1. The first-order valence-electron chi connectivity index (χ1n) is 7.60. The highest BCUT2D eigenvalue weighted by Gasteiger charge is 2.25. The van der Waals surface area contributed by atoms with Gasteiger partial charge in [-0.3, -0.25) is 9.80 Å². The van der Waals surface area contributed by atoms with Gasteiger partial charge in [0.25, 0.3) is 0 Å². The lowest BCUT2D eigenvalue weighted by atomic mass is 10.0. The Bertz CT molecular complexity index is 425. The van der Waals surface area contributed by atoms with Gasteiger partial charge in [0.2, 0.25) is 0 Å². The molecular formula is C16H29N3S. The molecule has 20 heavy (non-hydrogen) atoms. The predicted octanol–water partition coefficient (Wildman–Crippen LogP) is 2.69. The number of hydrogen-bond donors (Lipinski definition) is 1. The number of aryl methyl sites for hydroxylation is 1. The third kappa shape index (κ3) is 4.04. The number of rotatable bonds is 4. The molecule has 0 radical (unpaired) electrons. The highest BCUT2D eigenvalue weighted by atomic mass is 32.1. The summed E-state index contributed by atoms with van der Waals surface area (Å²) in [7, 11) is 2.01. The van der Waals surface area contributed by atoms with Crippen molar-refractivity contribution in [2.24, 2.45) is 0 Å². The van der Waals surface area contributed by atoms with Gasteiger partial charge in [0.15, 0.2) is 0 Å². The second-order valence-corrected chi connectivity index (χ2v) is 8.10. The number of hydrogen-bond acceptors (Lipinski definition) is 4. The van der Waals surface area contributed by atoms with E-state index < -0.39 is 0 Å². The Kier molecular flexibility index (Phi) is 5.24. The fourth-order valence-corrected chi connectivity index (χ4v) is 3.89. The summed E-state index contributed by atoms with van der Waals surface area (Å²) in [5.41, 5.74) is 1.83. The fraction of sp³-hybridized carbons (Fsp3) is 0.750. The molecule has 0 amide bonds. The number of thiophene rings is 1. The van der Waals surface area contributed by atoms with Crippen LogP contribution in [0.25, 0.3) is 0 Å². The number of nitrogens with zero attached hydrogens (tertiary/aromatic N) is 2. The van der Waals surface area contributed by atoms with Crippen molar-refractivity contribution in [3.63, 3.8) is 0 Å². The van der Waals surface area contributed by atoms with Gasteiger partial charge in [-0.05, 0) is 46.4 Å². The molecule has 1 N–H and O–H groups in total. The SMILES string of the molecule is CNCc1cc(CN2CCN(C(C)(C)C)CC2)c(C)s1. The van der Waals surface area contributed by atoms with Crippen LogP contribution in [-0.4, -0.2) is 48.6 Å². The lowest BCUT2D eigenvalue weighted by Crippen LogP contribution is -2.53. The molecule has 2 rings (SSSR count). The summed E-state index contributed by atoms with van der Waals surface area (Å²) in [6.07, 6.45) is 0. The van der Waals surface area contributed by atoms with Crippen LogP contribution in [0.5, 0.6) is 0 Å². The van der Waals surface area contributed by atoms with E-state index >= 15 is 0 Å². The van der Waals surface area contributed by atoms with Crippen LogP contribution in [-0.2, 0) is 13.1 Å². The van der Waals surface area contributed by atoms with E-state index in [0.29, 0.717) is 5.54 Å². The molecular weight excluding hydrogens is 266 g/mol. The molecule has 0 saturated carbocycles. The zero-order valence-corrected chi connectivity index (χ0v) is 14.4. The van der Waals surface area contributed by atoms with E-state index in [1.807, 2.05) is 18.4 Å². The van der Waals surface area contributed by atoms with Crippen LogP contribution in [0.2, 0.25) is 0 Å². The Balaban J connectivity index is 1.89. The second-order valence-electron chi connectivity index (χ2n) is 6.76. The average molecular weight is 295 g/mol. The third-order valence-electron chi connectivity index (χ3n) is 4.14. The Morgan fingerprint density at radius 1 is 1.20 bits per heavy atom. The van der Waals surface area contributed by atoms with Gasteiger partial charge in [0.05, 0.1) is 0 Å². The Morgan fingerprint density at radius 2 is 1.85 bits per heavy atom. The van der Waals surface area contributed by atoms with E-state index in [9.17, 15) is 0 Å². The fourth-order valence-electron chi connectivity index (χ4n) is 2.82. The van der Waals surface area contributed by atoms with Gasteiger partial charge in [0, 0.05) is 54.6 Å². The molecule has 3 nitrogen and oxygen atoms in total. The van der Waals surface area contributed by atoms with Crippen LogP contribution in [0.3, 0.4) is 0 Å². The highest BCUT2D eigenvalue weighted by Crippen LogP contribution is 2.24. The van der Waals surface area contributed by atoms with Crippen LogP contribution in [0, 0.1) is 6.92 Å². The minimum absolute atomic E-state index is 0.310. The van der Waals surface area contributed by atoms with Gasteiger partial charge in [-0.25, -0.2) is 0 Å². The molecule has 1 aromatic rings. The van der Waals surface area contributed by atoms with Crippen LogP contribution in [0.15, 0.2) is 6.07 Å². The molecule has 1 aromatic heterocycles. The van der Waals surface area contributed by atoms with Crippen molar-refractivity contribution in [2.75, 3.05) is 33.2 Å². The van der Waals surface area contributed by atoms with E-state index in [0.717, 1.165) is 13.1 Å². The summed E-state index contributed by atoms with van der Waals surface area (Å²) in [4.78, 5) is 8.12. The summed E-state index contributed by atoms with van der Waals surface area (Å²) in [6.45, 7) is 16.1. The van der Waals surface area contributed by atoms with Gasteiger partial charge in [-0.15, -0.1) is 11.3 Å². The van der Waals surface area contributed by atoms with Crippen molar-refractivity contribution in [3.8, 4) is 0 Å². The topological polar surface area (TPSA) is 18.5 Å². The lowest BCUT2D eigenvalue weighted by Gasteiger charge is -2.42. The van der Waals surface area contributed by atoms with Gasteiger partial charge < -0.3 is 5.32 Å². The van der Waals surface area contributed by atoms with Crippen LogP contribution in [0.4, 0.5) is 0 Å². The van der Waals surface area contributed by atoms with Crippen molar-refractivity contribution in [1.82, 2.24) is 15.1 Å². The summed E-state index contributed by atoms with van der Waals surface area (Å²) in [5.74, 6) is 0. The van der Waals surface area contributed by atoms with Crippen molar-refractivity contribution in [1.29, 1.82) is 0 Å². The molecule has 114 valence electrons. The largest absolute Gasteiger partial charge is 0.315 e. The predicted molar refractivity (Wildman–Crippen MR) is 88.4 cm³/mol. The van der Waals surface area contributed by atoms with Gasteiger partial charge in [0.1, 0.15) is 0 Å². The quantitative estimate of drug-likeness (QED) is 0.921. The summed E-state index contributed by atoms with van der Waals surface area (Å²) < 4.78 is 0. The Labute approximate surface area is 128 Å². The molecule has 0 atom stereocenters.